The molecule has 0 aromatic carbocycles. The maximum Gasteiger partial charge on any atom is 0.229 e. The zero-order valence-electron chi connectivity index (χ0n) is 8.46. The first-order valence-corrected chi connectivity index (χ1v) is 4.62. The van der Waals surface area contributed by atoms with E-state index in [9.17, 15) is 9.59 Å². The summed E-state index contributed by atoms with van der Waals surface area (Å²) in [5.41, 5.74) is 0.650. The minimum absolute atomic E-state index is 0.00120. The van der Waals surface area contributed by atoms with Gasteiger partial charge in [0.05, 0.1) is 0 Å². The lowest BCUT2D eigenvalue weighted by atomic mass is 9.79. The van der Waals surface area contributed by atoms with Crippen LogP contribution < -0.4 is 0 Å². The third kappa shape index (κ3) is 1.05. The zero-order valence-corrected chi connectivity index (χ0v) is 8.46. The molecule has 0 radical (unpaired) electrons. The van der Waals surface area contributed by atoms with E-state index in [-0.39, 0.29) is 11.5 Å². The Labute approximate surface area is 82.4 Å². The van der Waals surface area contributed by atoms with E-state index in [1.54, 1.807) is 0 Å². The molecular weight excluding hydrogens is 180 g/mol. The van der Waals surface area contributed by atoms with Crippen molar-refractivity contribution in [3.63, 3.8) is 0 Å². The average molecular weight is 192 g/mol. The predicted molar refractivity (Wildman–Crippen MR) is 50.5 cm³/mol. The van der Waals surface area contributed by atoms with Crippen LogP contribution in [0.25, 0.3) is 0 Å². The van der Waals surface area contributed by atoms with Crippen LogP contribution in [0.3, 0.4) is 0 Å². The number of carbonyl (C=O) groups excluding carboxylic acids is 2. The van der Waals surface area contributed by atoms with E-state index in [2.05, 4.69) is 0 Å². The molecule has 1 aliphatic heterocycles. The Kier molecular flexibility index (Phi) is 1.68. The third-order valence-corrected chi connectivity index (χ3v) is 3.06. The lowest BCUT2D eigenvalue weighted by molar-refractivity contribution is -0.131. The largest absolute Gasteiger partial charge is 0.489 e. The molecule has 1 unspecified atom stereocenters. The second-order valence-corrected chi connectivity index (χ2v) is 4.28. The molecule has 1 heterocycles. The van der Waals surface area contributed by atoms with Gasteiger partial charge in [-0.15, -0.1) is 0 Å². The maximum atomic E-state index is 11.2. The second-order valence-electron chi connectivity index (χ2n) is 4.28. The van der Waals surface area contributed by atoms with Crippen LogP contribution in [0.15, 0.2) is 23.5 Å². The third-order valence-electron chi connectivity index (χ3n) is 3.06. The van der Waals surface area contributed by atoms with E-state index in [1.165, 1.54) is 12.2 Å². The van der Waals surface area contributed by atoms with Crippen molar-refractivity contribution in [2.24, 2.45) is 5.41 Å². The summed E-state index contributed by atoms with van der Waals surface area (Å²) in [6, 6.07) is 0. The van der Waals surface area contributed by atoms with Crippen molar-refractivity contribution in [3.8, 4) is 0 Å². The van der Waals surface area contributed by atoms with Crippen LogP contribution in [-0.2, 0) is 14.3 Å². The van der Waals surface area contributed by atoms with Gasteiger partial charge in [0.1, 0.15) is 11.9 Å². The molecule has 3 heteroatoms. The van der Waals surface area contributed by atoms with Crippen LogP contribution in [0.5, 0.6) is 0 Å². The summed E-state index contributed by atoms with van der Waals surface area (Å²) >= 11 is 0. The van der Waals surface area contributed by atoms with Crippen LogP contribution in [0, 0.1) is 5.41 Å². The van der Waals surface area contributed by atoms with Crippen LogP contribution >= 0.6 is 0 Å². The van der Waals surface area contributed by atoms with Crippen molar-refractivity contribution in [2.75, 3.05) is 0 Å². The lowest BCUT2D eigenvalue weighted by Crippen LogP contribution is -2.24. The number of ketones is 2. The van der Waals surface area contributed by atoms with Crippen LogP contribution in [0.2, 0.25) is 0 Å². The topological polar surface area (TPSA) is 43.4 Å². The van der Waals surface area contributed by atoms with Gasteiger partial charge < -0.3 is 4.74 Å². The molecule has 3 nitrogen and oxygen atoms in total. The van der Waals surface area contributed by atoms with E-state index in [4.69, 9.17) is 4.74 Å². The van der Waals surface area contributed by atoms with Crippen molar-refractivity contribution < 1.29 is 14.3 Å². The lowest BCUT2D eigenvalue weighted by Gasteiger charge is -2.21. The smallest absolute Gasteiger partial charge is 0.229 e. The van der Waals surface area contributed by atoms with Gasteiger partial charge in [0.2, 0.25) is 11.6 Å². The summed E-state index contributed by atoms with van der Waals surface area (Å²) in [6.45, 7) is 5.95. The SMILES string of the molecule is CC1OC2=CC(=O)C(=O)C=C2C1(C)C. The molecule has 0 bridgehead atoms. The van der Waals surface area contributed by atoms with E-state index in [1.807, 2.05) is 20.8 Å². The summed E-state index contributed by atoms with van der Waals surface area (Å²) in [5.74, 6) is -0.379. The summed E-state index contributed by atoms with van der Waals surface area (Å²) in [6.07, 6.45) is 2.70. The highest BCUT2D eigenvalue weighted by molar-refractivity contribution is 6.46. The summed E-state index contributed by atoms with van der Waals surface area (Å²) < 4.78 is 5.52. The Morgan fingerprint density at radius 2 is 1.79 bits per heavy atom. The molecule has 2 aliphatic rings. The van der Waals surface area contributed by atoms with Gasteiger partial charge >= 0.3 is 0 Å². The molecule has 0 aromatic rings. The quantitative estimate of drug-likeness (QED) is 0.430. The summed E-state index contributed by atoms with van der Waals surface area (Å²) in [7, 11) is 0. The number of allylic oxidation sites excluding steroid dienone is 3. The number of hydrogen-bond donors (Lipinski definition) is 0. The fraction of sp³-hybridized carbons (Fsp3) is 0.455. The zero-order chi connectivity index (χ0) is 10.5. The molecule has 0 saturated carbocycles. The molecule has 1 aliphatic carbocycles. The highest BCUT2D eigenvalue weighted by Crippen LogP contribution is 2.45. The van der Waals surface area contributed by atoms with Crippen molar-refractivity contribution >= 4 is 11.6 Å². The van der Waals surface area contributed by atoms with E-state index < -0.39 is 11.6 Å². The van der Waals surface area contributed by atoms with Crippen LogP contribution in [0.1, 0.15) is 20.8 Å². The monoisotopic (exact) mass is 192 g/mol. The Hall–Kier alpha value is -1.38. The van der Waals surface area contributed by atoms with Crippen LogP contribution in [0.4, 0.5) is 0 Å². The van der Waals surface area contributed by atoms with E-state index in [0.29, 0.717) is 5.76 Å². The van der Waals surface area contributed by atoms with Gasteiger partial charge in [0.15, 0.2) is 0 Å². The molecule has 0 amide bonds. The molecule has 0 aromatic heterocycles. The summed E-state index contributed by atoms with van der Waals surface area (Å²) in [4.78, 5) is 22.3. The average Bonchev–Trinajstić information content (AvgIpc) is 2.28. The highest BCUT2D eigenvalue weighted by atomic mass is 16.5. The minimum Gasteiger partial charge on any atom is -0.489 e. The first kappa shape index (κ1) is 9.19. The minimum atomic E-state index is -0.492. The van der Waals surface area contributed by atoms with E-state index in [0.717, 1.165) is 5.57 Å². The fourth-order valence-corrected chi connectivity index (χ4v) is 1.70. The number of hydrogen-bond acceptors (Lipinski definition) is 3. The number of rotatable bonds is 0. The molecule has 2 rings (SSSR count). The number of carbonyl (C=O) groups is 2. The first-order chi connectivity index (χ1) is 6.43. The molecule has 0 spiro atoms. The predicted octanol–water partition coefficient (Wildman–Crippen LogP) is 1.39. The molecule has 1 saturated heterocycles. The molecule has 1 atom stereocenters. The van der Waals surface area contributed by atoms with Gasteiger partial charge in [-0.1, -0.05) is 13.8 Å². The van der Waals surface area contributed by atoms with Crippen LogP contribution in [-0.4, -0.2) is 17.7 Å². The molecule has 74 valence electrons. The van der Waals surface area contributed by atoms with E-state index >= 15 is 0 Å². The van der Waals surface area contributed by atoms with Gasteiger partial charge in [-0.25, -0.2) is 0 Å². The van der Waals surface area contributed by atoms with Gasteiger partial charge in [-0.2, -0.15) is 0 Å². The molecule has 14 heavy (non-hydrogen) atoms. The maximum absolute atomic E-state index is 11.2. The highest BCUT2D eigenvalue weighted by Gasteiger charge is 2.43. The molecular formula is C11H12O3. The fourth-order valence-electron chi connectivity index (χ4n) is 1.70. The van der Waals surface area contributed by atoms with Gasteiger partial charge in [0.25, 0.3) is 0 Å². The summed E-state index contributed by atoms with van der Waals surface area (Å²) in [5, 5.41) is 0. The number of fused-ring (bicyclic) bond motifs is 1. The molecule has 0 N–H and O–H groups in total. The number of ether oxygens (including phenoxy) is 1. The normalized spacial score (nSPS) is 29.2. The Morgan fingerprint density at radius 3 is 2.43 bits per heavy atom. The Balaban J connectivity index is 2.52. The van der Waals surface area contributed by atoms with Crippen molar-refractivity contribution in [1.82, 2.24) is 0 Å². The molecule has 1 fully saturated rings. The van der Waals surface area contributed by atoms with Gasteiger partial charge in [0, 0.05) is 17.1 Å². The van der Waals surface area contributed by atoms with Gasteiger partial charge in [-0.05, 0) is 13.0 Å². The Morgan fingerprint density at radius 1 is 1.21 bits per heavy atom. The van der Waals surface area contributed by atoms with Crippen molar-refractivity contribution in [1.29, 1.82) is 0 Å². The second kappa shape index (κ2) is 2.56. The Bertz CT molecular complexity index is 385. The standard InChI is InChI=1S/C11H12O3/c1-6-11(2,3)7-4-8(12)9(13)5-10(7)14-6/h4-6H,1-3H3. The van der Waals surface area contributed by atoms with Crippen molar-refractivity contribution in [3.05, 3.63) is 23.5 Å². The van der Waals surface area contributed by atoms with Crippen molar-refractivity contribution in [2.45, 2.75) is 26.9 Å². The first-order valence-electron chi connectivity index (χ1n) is 4.62. The van der Waals surface area contributed by atoms with Gasteiger partial charge in [-0.3, -0.25) is 9.59 Å².